The Morgan fingerprint density at radius 3 is 1.18 bits per heavy atom. The minimum Gasteiger partial charge on any atom is -0.394 e. The molecular weight excluding hydrogens is 308 g/mol. The Hall–Kier alpha value is -0.730. The molecule has 0 spiro atoms. The Morgan fingerprint density at radius 1 is 0.727 bits per heavy atom. The zero-order chi connectivity index (χ0) is 17.6. The third-order valence-electron chi connectivity index (χ3n) is 3.17. The molecule has 0 aliphatic heterocycles. The summed E-state index contributed by atoms with van der Waals surface area (Å²) in [4.78, 5) is 9.76. The van der Waals surface area contributed by atoms with E-state index in [1.807, 2.05) is 0 Å². The van der Waals surface area contributed by atoms with Gasteiger partial charge in [0.2, 0.25) is 0 Å². The van der Waals surface area contributed by atoms with Crippen LogP contribution in [-0.2, 0) is 4.79 Å². The van der Waals surface area contributed by atoms with Crippen molar-refractivity contribution in [3.8, 4) is 0 Å². The lowest BCUT2D eigenvalue weighted by atomic mass is 9.85. The Kier molecular flexibility index (Phi) is 9.11. The van der Waals surface area contributed by atoms with Crippen molar-refractivity contribution in [1.29, 1.82) is 0 Å². The van der Waals surface area contributed by atoms with Crippen LogP contribution in [0.25, 0.3) is 0 Å². The number of aldehydes is 1. The van der Waals surface area contributed by atoms with Crippen LogP contribution in [0.5, 0.6) is 0 Å². The maximum atomic E-state index is 9.76. The monoisotopic (exact) mass is 330 g/mol. The number of carbonyl (C=O) groups excluding carboxylic acids is 1. The second kappa shape index (κ2) is 9.42. The Labute approximate surface area is 124 Å². The first kappa shape index (κ1) is 21.3. The molecule has 0 aromatic carbocycles. The Morgan fingerprint density at radius 2 is 1.00 bits per heavy atom. The first-order valence-corrected chi connectivity index (χ1v) is 6.28. The van der Waals surface area contributed by atoms with Gasteiger partial charge < -0.3 is 55.9 Å². The van der Waals surface area contributed by atoms with Gasteiger partial charge in [-0.3, -0.25) is 0 Å². The van der Waals surface area contributed by atoms with E-state index >= 15 is 0 Å². The molecule has 0 unspecified atom stereocenters. The van der Waals surface area contributed by atoms with E-state index in [4.69, 9.17) is 51.1 Å². The first-order chi connectivity index (χ1) is 10.1. The molecule has 11 nitrogen and oxygen atoms in total. The molecular formula is C11H22O11. The lowest BCUT2D eigenvalue weighted by molar-refractivity contribution is -0.223. The molecule has 1 aliphatic carbocycles. The van der Waals surface area contributed by atoms with Gasteiger partial charge in [-0.25, -0.2) is 0 Å². The molecule has 1 saturated carbocycles. The van der Waals surface area contributed by atoms with E-state index in [1.165, 1.54) is 0 Å². The van der Waals surface area contributed by atoms with Crippen LogP contribution >= 0.6 is 0 Å². The summed E-state index contributed by atoms with van der Waals surface area (Å²) in [6.45, 7) is -0.688. The number of hydrogen-bond donors (Lipinski definition) is 10. The number of rotatable bonds is 4. The standard InChI is InChI=1S/C6H12O6.C5H10O5/c7-1-2(8)4(10)6(12)5(11)3(1)9;6-1-3(8)5(10)4(9)2-7/h1-12H;1,3-5,7-10H,2H2/t;3-,4-,5+/m.1/s1. The Balaban J connectivity index is 0.000000409. The highest BCUT2D eigenvalue weighted by Gasteiger charge is 2.47. The van der Waals surface area contributed by atoms with Gasteiger partial charge >= 0.3 is 0 Å². The van der Waals surface area contributed by atoms with Gasteiger partial charge in [-0.05, 0) is 0 Å². The summed E-state index contributed by atoms with van der Waals surface area (Å²) in [7, 11) is 0. The van der Waals surface area contributed by atoms with Crippen LogP contribution in [0.1, 0.15) is 0 Å². The fraction of sp³-hybridized carbons (Fsp3) is 0.909. The number of carbonyl (C=O) groups is 1. The fourth-order valence-electron chi connectivity index (χ4n) is 1.63. The largest absolute Gasteiger partial charge is 0.394 e. The maximum absolute atomic E-state index is 9.76. The fourth-order valence-corrected chi connectivity index (χ4v) is 1.63. The van der Waals surface area contributed by atoms with Crippen LogP contribution in [0.3, 0.4) is 0 Å². The van der Waals surface area contributed by atoms with E-state index in [-0.39, 0.29) is 6.29 Å². The third kappa shape index (κ3) is 5.17. The van der Waals surface area contributed by atoms with Gasteiger partial charge in [0, 0.05) is 0 Å². The summed E-state index contributed by atoms with van der Waals surface area (Å²) in [6, 6.07) is 0. The highest BCUT2D eigenvalue weighted by molar-refractivity contribution is 5.56. The lowest BCUT2D eigenvalue weighted by Crippen LogP contribution is -2.63. The van der Waals surface area contributed by atoms with Crippen molar-refractivity contribution in [3.05, 3.63) is 0 Å². The van der Waals surface area contributed by atoms with Gasteiger partial charge in [-0.1, -0.05) is 0 Å². The van der Waals surface area contributed by atoms with Crippen LogP contribution in [0.2, 0.25) is 0 Å². The van der Waals surface area contributed by atoms with Crippen LogP contribution in [0, 0.1) is 0 Å². The summed E-state index contributed by atoms with van der Waals surface area (Å²) in [5, 5.41) is 87.9. The molecule has 1 fully saturated rings. The van der Waals surface area contributed by atoms with E-state index in [0.29, 0.717) is 0 Å². The summed E-state index contributed by atoms with van der Waals surface area (Å²) in [5.41, 5.74) is 0. The Bertz CT molecular complexity index is 269. The van der Waals surface area contributed by atoms with E-state index < -0.39 is 61.5 Å². The topological polar surface area (TPSA) is 219 Å². The van der Waals surface area contributed by atoms with Crippen molar-refractivity contribution in [3.63, 3.8) is 0 Å². The van der Waals surface area contributed by atoms with Crippen molar-refractivity contribution >= 4 is 6.29 Å². The molecule has 1 aliphatic rings. The van der Waals surface area contributed by atoms with Crippen LogP contribution in [-0.4, -0.2) is 119 Å². The van der Waals surface area contributed by atoms with Gasteiger partial charge in [0.05, 0.1) is 6.61 Å². The molecule has 0 aromatic heterocycles. The lowest BCUT2D eigenvalue weighted by Gasteiger charge is -2.39. The van der Waals surface area contributed by atoms with Crippen molar-refractivity contribution in [2.75, 3.05) is 6.61 Å². The summed E-state index contributed by atoms with van der Waals surface area (Å²) in [6.07, 6.45) is -14.5. The molecule has 132 valence electrons. The second-order valence-corrected chi connectivity index (χ2v) is 4.81. The zero-order valence-corrected chi connectivity index (χ0v) is 11.4. The van der Waals surface area contributed by atoms with Gasteiger partial charge in [-0.2, -0.15) is 0 Å². The smallest absolute Gasteiger partial charge is 0.151 e. The average Bonchev–Trinajstić information content (AvgIpc) is 2.54. The molecule has 0 saturated heterocycles. The number of hydrogen-bond acceptors (Lipinski definition) is 11. The van der Waals surface area contributed by atoms with Crippen molar-refractivity contribution in [1.82, 2.24) is 0 Å². The van der Waals surface area contributed by atoms with Gasteiger partial charge in [0.15, 0.2) is 6.29 Å². The van der Waals surface area contributed by atoms with Gasteiger partial charge in [0.25, 0.3) is 0 Å². The minimum absolute atomic E-state index is 0.0869. The normalized spacial score (nSPS) is 39.2. The number of aliphatic hydroxyl groups is 10. The molecule has 11 heteroatoms. The highest BCUT2D eigenvalue weighted by Crippen LogP contribution is 2.20. The molecule has 22 heavy (non-hydrogen) atoms. The van der Waals surface area contributed by atoms with Crippen LogP contribution in [0.4, 0.5) is 0 Å². The molecule has 3 atom stereocenters. The van der Waals surface area contributed by atoms with Crippen molar-refractivity contribution in [2.45, 2.75) is 54.9 Å². The van der Waals surface area contributed by atoms with Crippen LogP contribution in [0.15, 0.2) is 0 Å². The van der Waals surface area contributed by atoms with E-state index in [2.05, 4.69) is 0 Å². The van der Waals surface area contributed by atoms with Crippen molar-refractivity contribution in [2.24, 2.45) is 0 Å². The predicted octanol–water partition coefficient (Wildman–Crippen LogP) is -6.57. The summed E-state index contributed by atoms with van der Waals surface area (Å²) >= 11 is 0. The molecule has 1 rings (SSSR count). The molecule has 0 heterocycles. The highest BCUT2D eigenvalue weighted by atomic mass is 16.4. The van der Waals surface area contributed by atoms with Gasteiger partial charge in [-0.15, -0.1) is 0 Å². The summed E-state index contributed by atoms with van der Waals surface area (Å²) in [5.74, 6) is 0. The summed E-state index contributed by atoms with van der Waals surface area (Å²) < 4.78 is 0. The van der Waals surface area contributed by atoms with Crippen molar-refractivity contribution < 1.29 is 55.9 Å². The minimum atomic E-state index is -1.64. The van der Waals surface area contributed by atoms with E-state index in [9.17, 15) is 4.79 Å². The molecule has 0 bridgehead atoms. The molecule has 0 amide bonds. The van der Waals surface area contributed by atoms with Crippen LogP contribution < -0.4 is 0 Å². The zero-order valence-electron chi connectivity index (χ0n) is 11.4. The van der Waals surface area contributed by atoms with E-state index in [1.54, 1.807) is 0 Å². The van der Waals surface area contributed by atoms with Gasteiger partial charge in [0.1, 0.15) is 54.9 Å². The first-order valence-electron chi connectivity index (χ1n) is 6.28. The third-order valence-corrected chi connectivity index (χ3v) is 3.17. The number of aliphatic hydroxyl groups excluding tert-OH is 10. The quantitative estimate of drug-likeness (QED) is 0.218. The molecule has 0 aromatic rings. The predicted molar refractivity (Wildman–Crippen MR) is 67.2 cm³/mol. The second-order valence-electron chi connectivity index (χ2n) is 4.81. The molecule has 10 N–H and O–H groups in total. The molecule has 0 radical (unpaired) electrons. The van der Waals surface area contributed by atoms with E-state index in [0.717, 1.165) is 0 Å². The average molecular weight is 330 g/mol. The SMILES string of the molecule is O=C[C@@H](O)[C@H](O)[C@H](O)CO.OC1C(O)C(O)C(O)C(O)C1O. The maximum Gasteiger partial charge on any atom is 0.151 e.